The van der Waals surface area contributed by atoms with Gasteiger partial charge in [-0.15, -0.1) is 0 Å². The van der Waals surface area contributed by atoms with Gasteiger partial charge in [0.25, 0.3) is 0 Å². The second-order valence-corrected chi connectivity index (χ2v) is 6.35. The van der Waals surface area contributed by atoms with Gasteiger partial charge in [-0.1, -0.05) is 18.2 Å². The van der Waals surface area contributed by atoms with Crippen molar-refractivity contribution in [2.75, 3.05) is 0 Å². The van der Waals surface area contributed by atoms with Crippen LogP contribution < -0.4 is 4.74 Å². The molecule has 0 bridgehead atoms. The van der Waals surface area contributed by atoms with Crippen LogP contribution in [0.25, 0.3) is 0 Å². The van der Waals surface area contributed by atoms with E-state index in [1.807, 2.05) is 0 Å². The average molecular weight is 398 g/mol. The lowest BCUT2D eigenvalue weighted by molar-refractivity contribution is 0.112. The van der Waals surface area contributed by atoms with Crippen molar-refractivity contribution >= 4 is 38.1 Å². The molecule has 2 rings (SSSR count). The van der Waals surface area contributed by atoms with E-state index in [4.69, 9.17) is 4.74 Å². The molecule has 0 amide bonds. The Balaban J connectivity index is 2.18. The van der Waals surface area contributed by atoms with E-state index in [-0.39, 0.29) is 0 Å². The summed E-state index contributed by atoms with van der Waals surface area (Å²) >= 11 is 6.85. The summed E-state index contributed by atoms with van der Waals surface area (Å²) < 4.78 is 7.36. The lowest BCUT2D eigenvalue weighted by Crippen LogP contribution is -1.98. The summed E-state index contributed by atoms with van der Waals surface area (Å²) in [6.45, 7) is 4.66. The van der Waals surface area contributed by atoms with E-state index in [9.17, 15) is 4.79 Å². The molecule has 0 aromatic heterocycles. The van der Waals surface area contributed by atoms with E-state index in [0.717, 1.165) is 20.8 Å². The number of benzene rings is 2. The molecule has 0 aliphatic rings. The highest BCUT2D eigenvalue weighted by Crippen LogP contribution is 2.35. The van der Waals surface area contributed by atoms with E-state index in [2.05, 4.69) is 63.9 Å². The zero-order chi connectivity index (χ0) is 14.7. The van der Waals surface area contributed by atoms with E-state index in [1.54, 1.807) is 12.1 Å². The van der Waals surface area contributed by atoms with Crippen LogP contribution in [0.5, 0.6) is 5.75 Å². The Hall–Kier alpha value is -1.13. The number of carbonyl (C=O) groups excluding carboxylic acids is 1. The van der Waals surface area contributed by atoms with Crippen molar-refractivity contribution in [3.63, 3.8) is 0 Å². The van der Waals surface area contributed by atoms with Crippen molar-refractivity contribution in [3.05, 3.63) is 61.5 Å². The monoisotopic (exact) mass is 396 g/mol. The van der Waals surface area contributed by atoms with Crippen molar-refractivity contribution < 1.29 is 9.53 Å². The van der Waals surface area contributed by atoms with Gasteiger partial charge in [0, 0.05) is 5.56 Å². The highest BCUT2D eigenvalue weighted by atomic mass is 79.9. The number of hydrogen-bond donors (Lipinski definition) is 0. The third-order valence-electron chi connectivity index (χ3n) is 3.11. The van der Waals surface area contributed by atoms with Gasteiger partial charge in [0.1, 0.15) is 18.6 Å². The lowest BCUT2D eigenvalue weighted by atomic mass is 10.1. The smallest absolute Gasteiger partial charge is 0.150 e. The molecule has 0 aliphatic carbocycles. The molecule has 0 N–H and O–H groups in total. The first-order chi connectivity index (χ1) is 9.51. The van der Waals surface area contributed by atoms with Gasteiger partial charge in [0.15, 0.2) is 0 Å². The fourth-order valence-electron chi connectivity index (χ4n) is 1.83. The Morgan fingerprint density at radius 1 is 1.05 bits per heavy atom. The Morgan fingerprint density at radius 3 is 2.25 bits per heavy atom. The third-order valence-corrected chi connectivity index (χ3v) is 4.29. The average Bonchev–Trinajstić information content (AvgIpc) is 2.41. The molecule has 20 heavy (non-hydrogen) atoms. The fourth-order valence-corrected chi connectivity index (χ4v) is 3.29. The summed E-state index contributed by atoms with van der Waals surface area (Å²) in [5.41, 5.74) is 4.24. The number of rotatable bonds is 4. The molecule has 0 heterocycles. The second-order valence-electron chi connectivity index (χ2n) is 4.64. The molecule has 0 saturated carbocycles. The Morgan fingerprint density at radius 2 is 1.70 bits per heavy atom. The summed E-state index contributed by atoms with van der Waals surface area (Å²) in [6, 6.07) is 9.76. The van der Waals surface area contributed by atoms with Crippen LogP contribution >= 0.6 is 31.9 Å². The van der Waals surface area contributed by atoms with Crippen molar-refractivity contribution in [2.24, 2.45) is 0 Å². The lowest BCUT2D eigenvalue weighted by Gasteiger charge is -2.12. The first-order valence-corrected chi connectivity index (χ1v) is 7.73. The minimum absolute atomic E-state index is 0.485. The molecule has 104 valence electrons. The largest absolute Gasteiger partial charge is 0.487 e. The van der Waals surface area contributed by atoms with Crippen molar-refractivity contribution in [1.82, 2.24) is 0 Å². The molecular weight excluding hydrogens is 384 g/mol. The van der Waals surface area contributed by atoms with Crippen LogP contribution in [0.15, 0.2) is 39.3 Å². The van der Waals surface area contributed by atoms with Gasteiger partial charge in [0.2, 0.25) is 0 Å². The molecule has 4 heteroatoms. The van der Waals surface area contributed by atoms with Crippen molar-refractivity contribution in [3.8, 4) is 5.75 Å². The molecule has 2 aromatic rings. The van der Waals surface area contributed by atoms with Crippen LogP contribution in [0.4, 0.5) is 0 Å². The number of aldehydes is 1. The molecule has 0 saturated heterocycles. The first-order valence-electron chi connectivity index (χ1n) is 6.14. The maximum absolute atomic E-state index is 10.8. The molecule has 0 fully saturated rings. The van der Waals surface area contributed by atoms with E-state index in [1.165, 1.54) is 11.1 Å². The number of hydrogen-bond acceptors (Lipinski definition) is 2. The first kappa shape index (κ1) is 15.3. The summed E-state index contributed by atoms with van der Waals surface area (Å²) in [5, 5.41) is 0. The van der Waals surface area contributed by atoms with E-state index >= 15 is 0 Å². The molecule has 0 radical (unpaired) electrons. The zero-order valence-electron chi connectivity index (χ0n) is 11.2. The van der Waals surface area contributed by atoms with Crippen LogP contribution in [0.3, 0.4) is 0 Å². The van der Waals surface area contributed by atoms with E-state index in [0.29, 0.717) is 17.9 Å². The molecule has 2 aromatic carbocycles. The Labute approximate surface area is 135 Å². The fraction of sp³-hybridized carbons (Fsp3) is 0.188. The standard InChI is InChI=1S/C16H14Br2O2/c1-10-3-4-12(5-11(10)2)9-20-16-14(17)6-13(8-19)7-15(16)18/h3-8H,9H2,1-2H3. The minimum atomic E-state index is 0.485. The molecule has 0 unspecified atom stereocenters. The molecule has 0 spiro atoms. The highest BCUT2D eigenvalue weighted by Gasteiger charge is 2.09. The van der Waals surface area contributed by atoms with Gasteiger partial charge >= 0.3 is 0 Å². The second kappa shape index (κ2) is 6.55. The van der Waals surface area contributed by atoms with E-state index < -0.39 is 0 Å². The predicted octanol–water partition coefficient (Wildman–Crippen LogP) is 5.22. The van der Waals surface area contributed by atoms with Crippen LogP contribution in [0.1, 0.15) is 27.0 Å². The topological polar surface area (TPSA) is 26.3 Å². The minimum Gasteiger partial charge on any atom is -0.487 e. The molecule has 0 aliphatic heterocycles. The molecular formula is C16H14Br2O2. The Kier molecular flexibility index (Phi) is 5.00. The summed E-state index contributed by atoms with van der Waals surface area (Å²) in [5.74, 6) is 0.703. The van der Waals surface area contributed by atoms with Crippen LogP contribution in [-0.2, 0) is 6.61 Å². The Bertz CT molecular complexity index is 628. The van der Waals surface area contributed by atoms with Gasteiger partial charge in [-0.25, -0.2) is 0 Å². The van der Waals surface area contributed by atoms with Crippen LogP contribution in [0.2, 0.25) is 0 Å². The van der Waals surface area contributed by atoms with Gasteiger partial charge < -0.3 is 4.74 Å². The number of aryl methyl sites for hydroxylation is 2. The van der Waals surface area contributed by atoms with Crippen LogP contribution in [-0.4, -0.2) is 6.29 Å². The maximum Gasteiger partial charge on any atom is 0.150 e. The third kappa shape index (κ3) is 3.49. The maximum atomic E-state index is 10.8. The van der Waals surface area contributed by atoms with Gasteiger partial charge in [0.05, 0.1) is 8.95 Å². The van der Waals surface area contributed by atoms with Crippen LogP contribution in [0, 0.1) is 13.8 Å². The normalized spacial score (nSPS) is 10.4. The number of carbonyl (C=O) groups is 1. The summed E-state index contributed by atoms with van der Waals surface area (Å²) in [6.07, 6.45) is 0.808. The van der Waals surface area contributed by atoms with Gasteiger partial charge in [-0.2, -0.15) is 0 Å². The molecule has 0 atom stereocenters. The number of halogens is 2. The van der Waals surface area contributed by atoms with Crippen molar-refractivity contribution in [1.29, 1.82) is 0 Å². The number of ether oxygens (including phenoxy) is 1. The van der Waals surface area contributed by atoms with Crippen molar-refractivity contribution in [2.45, 2.75) is 20.5 Å². The highest BCUT2D eigenvalue weighted by molar-refractivity contribution is 9.11. The summed E-state index contributed by atoms with van der Waals surface area (Å²) in [7, 11) is 0. The predicted molar refractivity (Wildman–Crippen MR) is 87.5 cm³/mol. The SMILES string of the molecule is Cc1ccc(COc2c(Br)cc(C=O)cc2Br)cc1C. The summed E-state index contributed by atoms with van der Waals surface area (Å²) in [4.78, 5) is 10.8. The molecule has 2 nitrogen and oxygen atoms in total. The van der Waals surface area contributed by atoms with Gasteiger partial charge in [-0.05, 0) is 74.5 Å². The van der Waals surface area contributed by atoms with Gasteiger partial charge in [-0.3, -0.25) is 4.79 Å². The quantitative estimate of drug-likeness (QED) is 0.661. The zero-order valence-corrected chi connectivity index (χ0v) is 14.4.